The summed E-state index contributed by atoms with van der Waals surface area (Å²) in [7, 11) is -8.04. The van der Waals surface area contributed by atoms with Crippen molar-refractivity contribution in [3.05, 3.63) is 60.9 Å². The molecule has 0 fully saturated rings. The largest absolute Gasteiger partial charge is 0.592 e. The molecule has 2 aromatic heterocycles. The fraction of sp³-hybridized carbons (Fsp3) is 0. The summed E-state index contributed by atoms with van der Waals surface area (Å²) in [5.41, 5.74) is 0.594. The molecule has 0 spiro atoms. The maximum atomic E-state index is 11.1. The molecule has 10 nitrogen and oxygen atoms in total. The third kappa shape index (κ3) is 5.36. The average Bonchev–Trinajstić information content (AvgIpc) is 2.67. The number of benzene rings is 2. The van der Waals surface area contributed by atoms with Gasteiger partial charge >= 0.3 is 20.2 Å². The van der Waals surface area contributed by atoms with Crippen molar-refractivity contribution in [3.8, 4) is 11.5 Å². The van der Waals surface area contributed by atoms with Crippen LogP contribution in [0.2, 0.25) is 0 Å². The first kappa shape index (κ1) is 24.7. The van der Waals surface area contributed by atoms with E-state index < -0.39 is 20.2 Å². The first-order valence-corrected chi connectivity index (χ1v) is 11.1. The molecule has 0 aliphatic heterocycles. The Hall–Kier alpha value is -2.61. The standard InChI is InChI=1S/2C9H7NO4S.Ti/c2*11-7-3-4-8(15(12,13)14)6-2-1-5-10-9(6)7;/h2*1-5,11H,(H,12,13,14);/p+4. The molecular weight excluding hydrogens is 484 g/mol. The zero-order chi connectivity index (χ0) is 22.1. The number of aromatic nitrogens is 2. The first-order valence-electron chi connectivity index (χ1n) is 8.17. The normalized spacial score (nSPS) is 14.5. The molecule has 0 radical (unpaired) electrons. The SMILES string of the molecule is O=S(O)(=[OH+])c1ccc([OH2+])c2ncccc12.O=S(O)(=[OH+])c1ccc([OH2+])c2ncccc12.[Ti]. The second kappa shape index (κ2) is 9.26. The Morgan fingerprint density at radius 2 is 1.06 bits per heavy atom. The molecule has 160 valence electrons. The molecule has 0 aliphatic rings. The van der Waals surface area contributed by atoms with Crippen molar-refractivity contribution in [2.75, 3.05) is 0 Å². The molecule has 4 aromatic rings. The van der Waals surface area contributed by atoms with Gasteiger partial charge in [0.25, 0.3) is 11.5 Å². The van der Waals surface area contributed by atoms with Crippen LogP contribution in [0, 0.1) is 0 Å². The quantitative estimate of drug-likeness (QED) is 0.240. The van der Waals surface area contributed by atoms with Crippen molar-refractivity contribution in [2.45, 2.75) is 9.79 Å². The Balaban J connectivity index is 0.000000213. The van der Waals surface area contributed by atoms with E-state index in [0.717, 1.165) is 0 Å². The first-order chi connectivity index (χ1) is 14.0. The van der Waals surface area contributed by atoms with E-state index in [1.165, 1.54) is 36.7 Å². The average molecular weight is 502 g/mol. The van der Waals surface area contributed by atoms with Gasteiger partial charge in [0, 0.05) is 57.0 Å². The van der Waals surface area contributed by atoms with Crippen molar-refractivity contribution >= 4 is 42.0 Å². The van der Waals surface area contributed by atoms with Crippen LogP contribution in [0.3, 0.4) is 0 Å². The van der Waals surface area contributed by atoms with Crippen LogP contribution in [0.1, 0.15) is 0 Å². The van der Waals surface area contributed by atoms with Crippen molar-refractivity contribution in [3.63, 3.8) is 0 Å². The minimum atomic E-state index is -4.02. The van der Waals surface area contributed by atoms with E-state index in [0.29, 0.717) is 21.8 Å². The number of hydrogen-bond donors (Lipinski definition) is 2. The van der Waals surface area contributed by atoms with Crippen molar-refractivity contribution in [1.82, 2.24) is 9.97 Å². The van der Waals surface area contributed by atoms with Crippen LogP contribution in [0.4, 0.5) is 0 Å². The molecule has 8 N–H and O–H groups in total. The topological polar surface area (TPSA) is 189 Å². The van der Waals surface area contributed by atoms with Gasteiger partial charge in [0.2, 0.25) is 0 Å². The third-order valence-electron chi connectivity index (χ3n) is 4.03. The molecule has 13 heteroatoms. The van der Waals surface area contributed by atoms with Gasteiger partial charge in [0.05, 0.1) is 0 Å². The van der Waals surface area contributed by atoms with Crippen LogP contribution in [-0.2, 0) is 42.0 Å². The molecule has 2 heterocycles. The summed E-state index contributed by atoms with van der Waals surface area (Å²) in [4.78, 5) is 7.62. The zero-order valence-electron chi connectivity index (χ0n) is 15.6. The van der Waals surface area contributed by atoms with Crippen molar-refractivity contribution < 1.29 is 57.9 Å². The van der Waals surface area contributed by atoms with E-state index >= 15 is 0 Å². The predicted molar refractivity (Wildman–Crippen MR) is 112 cm³/mol. The molecule has 0 amide bonds. The maximum Gasteiger partial charge on any atom is 0.435 e. The molecule has 31 heavy (non-hydrogen) atoms. The van der Waals surface area contributed by atoms with Gasteiger partial charge in [0.1, 0.15) is 0 Å². The van der Waals surface area contributed by atoms with Crippen LogP contribution >= 0.6 is 0 Å². The molecule has 2 unspecified atom stereocenters. The summed E-state index contributed by atoms with van der Waals surface area (Å²) in [6.07, 6.45) is 2.97. The minimum absolute atomic E-state index is 0. The van der Waals surface area contributed by atoms with E-state index in [-0.39, 0.29) is 43.0 Å². The monoisotopic (exact) mass is 502 g/mol. The van der Waals surface area contributed by atoms with Gasteiger partial charge in [-0.15, -0.1) is 8.42 Å². The molecule has 0 bridgehead atoms. The number of rotatable bonds is 2. The molecule has 2 atom stereocenters. The third-order valence-corrected chi connectivity index (χ3v) is 5.89. The fourth-order valence-corrected chi connectivity index (χ4v) is 4.15. The Kier molecular flexibility index (Phi) is 7.37. The predicted octanol–water partition coefficient (Wildman–Crippen LogP) is 2.15. The fourth-order valence-electron chi connectivity index (χ4n) is 2.76. The van der Waals surface area contributed by atoms with Gasteiger partial charge in [-0.1, -0.05) is 0 Å². The molecule has 0 saturated carbocycles. The van der Waals surface area contributed by atoms with E-state index in [9.17, 15) is 8.42 Å². The maximum absolute atomic E-state index is 11.1. The summed E-state index contributed by atoms with van der Waals surface area (Å²) in [5.74, 6) is 0.302. The zero-order valence-corrected chi connectivity index (χ0v) is 18.8. The molecule has 0 saturated heterocycles. The molecule has 4 rings (SSSR count). The van der Waals surface area contributed by atoms with Gasteiger partial charge < -0.3 is 10.2 Å². The van der Waals surface area contributed by atoms with E-state index in [1.54, 1.807) is 24.3 Å². The summed E-state index contributed by atoms with van der Waals surface area (Å²) >= 11 is 0. The van der Waals surface area contributed by atoms with Crippen LogP contribution < -0.4 is 0 Å². The van der Waals surface area contributed by atoms with Crippen LogP contribution in [-0.4, -0.2) is 46.1 Å². The Morgan fingerprint density at radius 3 is 1.39 bits per heavy atom. The van der Waals surface area contributed by atoms with Gasteiger partial charge in [-0.3, -0.25) is 0 Å². The van der Waals surface area contributed by atoms with Gasteiger partial charge in [-0.05, 0) is 36.4 Å². The molecule has 2 aromatic carbocycles. The summed E-state index contributed by atoms with van der Waals surface area (Å²) in [6, 6.07) is 11.4. The van der Waals surface area contributed by atoms with Crippen LogP contribution in [0.5, 0.6) is 11.5 Å². The van der Waals surface area contributed by atoms with Gasteiger partial charge in [-0.25, -0.2) is 19.1 Å². The summed E-state index contributed by atoms with van der Waals surface area (Å²) in [6.45, 7) is 0. The van der Waals surface area contributed by atoms with Gasteiger partial charge in [0.15, 0.2) is 20.8 Å². The van der Waals surface area contributed by atoms with E-state index in [1.807, 2.05) is 0 Å². The number of fused-ring (bicyclic) bond motifs is 2. The molecule has 0 aliphatic carbocycles. The number of pyridine rings is 2. The summed E-state index contributed by atoms with van der Waals surface area (Å²) in [5, 5.41) is 15.7. The second-order valence-electron chi connectivity index (χ2n) is 6.01. The van der Waals surface area contributed by atoms with Crippen LogP contribution in [0.15, 0.2) is 70.7 Å². The minimum Gasteiger partial charge on any atom is -0.592 e. The van der Waals surface area contributed by atoms with E-state index in [2.05, 4.69) is 9.97 Å². The number of nitrogens with zero attached hydrogens (tertiary/aromatic N) is 2. The van der Waals surface area contributed by atoms with Crippen molar-refractivity contribution in [1.29, 1.82) is 0 Å². The Morgan fingerprint density at radius 1 is 0.710 bits per heavy atom. The van der Waals surface area contributed by atoms with Crippen molar-refractivity contribution in [2.24, 2.45) is 0 Å². The molecular formula is C18H18N2O8S2Ti+4. The van der Waals surface area contributed by atoms with Gasteiger partial charge in [-0.2, -0.15) is 8.42 Å². The number of hydrogen-bond acceptors (Lipinski definition) is 4. The van der Waals surface area contributed by atoms with Crippen LogP contribution in [0.25, 0.3) is 21.8 Å². The summed E-state index contributed by atoms with van der Waals surface area (Å²) < 4.78 is 58.6. The van der Waals surface area contributed by atoms with E-state index in [4.69, 9.17) is 27.7 Å². The Bertz CT molecular complexity index is 1360. The smallest absolute Gasteiger partial charge is 0.435 e. The Labute approximate surface area is 191 Å². The second-order valence-corrected chi connectivity index (χ2v) is 8.88.